The zero-order valence-corrected chi connectivity index (χ0v) is 11.5. The molecular weight excluding hydrogens is 228 g/mol. The summed E-state index contributed by atoms with van der Waals surface area (Å²) in [6.07, 6.45) is 10.4. The second-order valence-corrected chi connectivity index (χ2v) is 6.54. The molecule has 1 heterocycles. The summed E-state index contributed by atoms with van der Waals surface area (Å²) in [5.74, 6) is 0. The maximum Gasteiger partial charge on any atom is 0.113 e. The van der Waals surface area contributed by atoms with Crippen molar-refractivity contribution >= 4 is 11.3 Å². The quantitative estimate of drug-likeness (QED) is 0.886. The Hall–Kier alpha value is -0.410. The molecule has 2 aliphatic carbocycles. The molecule has 0 saturated heterocycles. The van der Waals surface area contributed by atoms with Crippen molar-refractivity contribution in [3.05, 3.63) is 15.6 Å². The lowest BCUT2D eigenvalue weighted by atomic mass is 9.77. The van der Waals surface area contributed by atoms with Crippen molar-refractivity contribution < 1.29 is 0 Å². The highest BCUT2D eigenvalue weighted by Gasteiger charge is 2.41. The van der Waals surface area contributed by atoms with Crippen LogP contribution in [0.15, 0.2) is 0 Å². The summed E-state index contributed by atoms with van der Waals surface area (Å²) in [5, 5.41) is 5.15. The van der Waals surface area contributed by atoms with E-state index in [1.165, 1.54) is 62.1 Å². The van der Waals surface area contributed by atoms with Crippen molar-refractivity contribution in [3.8, 4) is 0 Å². The average molecular weight is 250 g/mol. The first kappa shape index (κ1) is 11.7. The van der Waals surface area contributed by atoms with E-state index in [4.69, 9.17) is 4.98 Å². The van der Waals surface area contributed by atoms with Gasteiger partial charge in [-0.05, 0) is 57.9 Å². The lowest BCUT2D eigenvalue weighted by molar-refractivity contribution is 0.186. The van der Waals surface area contributed by atoms with E-state index in [1.54, 1.807) is 4.88 Å². The molecule has 1 aromatic heterocycles. The molecule has 1 saturated carbocycles. The summed E-state index contributed by atoms with van der Waals surface area (Å²) < 4.78 is 0. The fourth-order valence-corrected chi connectivity index (χ4v) is 4.29. The summed E-state index contributed by atoms with van der Waals surface area (Å²) >= 11 is 1.99. The van der Waals surface area contributed by atoms with Crippen LogP contribution in [0.3, 0.4) is 0 Å². The molecule has 3 heteroatoms. The van der Waals surface area contributed by atoms with Crippen molar-refractivity contribution in [2.75, 3.05) is 6.54 Å². The van der Waals surface area contributed by atoms with E-state index in [2.05, 4.69) is 12.2 Å². The first-order valence-electron chi connectivity index (χ1n) is 7.08. The molecule has 2 aliphatic rings. The van der Waals surface area contributed by atoms with E-state index < -0.39 is 0 Å². The van der Waals surface area contributed by atoms with Gasteiger partial charge in [0.05, 0.1) is 11.2 Å². The fourth-order valence-electron chi connectivity index (χ4n) is 2.92. The molecule has 3 rings (SSSR count). The monoisotopic (exact) mass is 250 g/mol. The summed E-state index contributed by atoms with van der Waals surface area (Å²) in [7, 11) is 0. The summed E-state index contributed by atoms with van der Waals surface area (Å²) in [5.41, 5.74) is 1.68. The first-order valence-corrected chi connectivity index (χ1v) is 7.90. The van der Waals surface area contributed by atoms with Gasteiger partial charge in [-0.15, -0.1) is 11.3 Å². The molecule has 0 atom stereocenters. The minimum absolute atomic E-state index is 0.262. The van der Waals surface area contributed by atoms with E-state index in [0.29, 0.717) is 0 Å². The SMILES string of the molecule is CCCNC1(c2nc3c(s2)CCCC3)CCC1. The van der Waals surface area contributed by atoms with Crippen LogP contribution in [0.5, 0.6) is 0 Å². The fraction of sp³-hybridized carbons (Fsp3) is 0.786. The molecule has 0 amide bonds. The third-order valence-corrected chi connectivity index (χ3v) is 5.54. The van der Waals surface area contributed by atoms with E-state index >= 15 is 0 Å². The maximum atomic E-state index is 4.95. The standard InChI is InChI=1S/C14H22N2S/c1-2-10-15-14(8-5-9-14)13-16-11-6-3-4-7-12(11)17-13/h15H,2-10H2,1H3. The maximum absolute atomic E-state index is 4.95. The summed E-state index contributed by atoms with van der Waals surface area (Å²) in [6, 6.07) is 0. The van der Waals surface area contributed by atoms with Gasteiger partial charge >= 0.3 is 0 Å². The van der Waals surface area contributed by atoms with Crippen LogP contribution in [-0.4, -0.2) is 11.5 Å². The number of fused-ring (bicyclic) bond motifs is 1. The van der Waals surface area contributed by atoms with Crippen LogP contribution < -0.4 is 5.32 Å². The Labute approximate surface area is 108 Å². The van der Waals surface area contributed by atoms with Crippen molar-refractivity contribution in [1.29, 1.82) is 0 Å². The van der Waals surface area contributed by atoms with Crippen LogP contribution in [0.2, 0.25) is 0 Å². The minimum atomic E-state index is 0.262. The molecule has 0 spiro atoms. The Morgan fingerprint density at radius 2 is 2.06 bits per heavy atom. The largest absolute Gasteiger partial charge is 0.305 e. The second-order valence-electron chi connectivity index (χ2n) is 5.46. The Morgan fingerprint density at radius 3 is 2.71 bits per heavy atom. The molecule has 1 aromatic rings. The molecule has 0 bridgehead atoms. The van der Waals surface area contributed by atoms with Gasteiger partial charge in [0.2, 0.25) is 0 Å². The molecule has 17 heavy (non-hydrogen) atoms. The van der Waals surface area contributed by atoms with Gasteiger partial charge in [-0.1, -0.05) is 6.92 Å². The molecule has 1 fully saturated rings. The van der Waals surface area contributed by atoms with Gasteiger partial charge in [0.15, 0.2) is 0 Å². The smallest absolute Gasteiger partial charge is 0.113 e. The van der Waals surface area contributed by atoms with E-state index in [-0.39, 0.29) is 5.54 Å². The zero-order valence-electron chi connectivity index (χ0n) is 10.7. The predicted molar refractivity (Wildman–Crippen MR) is 72.6 cm³/mol. The zero-order chi connectivity index (χ0) is 11.7. The number of nitrogens with one attached hydrogen (secondary N) is 1. The van der Waals surface area contributed by atoms with Crippen molar-refractivity contribution in [2.24, 2.45) is 0 Å². The molecule has 0 radical (unpaired) electrons. The molecule has 2 nitrogen and oxygen atoms in total. The number of hydrogen-bond donors (Lipinski definition) is 1. The number of thiazole rings is 1. The van der Waals surface area contributed by atoms with Crippen LogP contribution in [0.1, 0.15) is 61.0 Å². The van der Waals surface area contributed by atoms with Gasteiger partial charge in [0.1, 0.15) is 5.01 Å². The Bertz CT molecular complexity index is 369. The van der Waals surface area contributed by atoms with Crippen molar-refractivity contribution in [2.45, 2.75) is 63.8 Å². The van der Waals surface area contributed by atoms with Crippen molar-refractivity contribution in [3.63, 3.8) is 0 Å². The highest BCUT2D eigenvalue weighted by molar-refractivity contribution is 7.11. The predicted octanol–water partition coefficient (Wildman–Crippen LogP) is 3.40. The lowest BCUT2D eigenvalue weighted by Gasteiger charge is -2.41. The van der Waals surface area contributed by atoms with Crippen molar-refractivity contribution in [1.82, 2.24) is 10.3 Å². The van der Waals surface area contributed by atoms with Crippen LogP contribution in [-0.2, 0) is 18.4 Å². The highest BCUT2D eigenvalue weighted by atomic mass is 32.1. The molecule has 0 aliphatic heterocycles. The number of hydrogen-bond acceptors (Lipinski definition) is 3. The van der Waals surface area contributed by atoms with Gasteiger partial charge in [-0.3, -0.25) is 0 Å². The number of aromatic nitrogens is 1. The van der Waals surface area contributed by atoms with Gasteiger partial charge in [0, 0.05) is 4.88 Å². The number of nitrogens with zero attached hydrogens (tertiary/aromatic N) is 1. The molecule has 0 aromatic carbocycles. The molecule has 94 valence electrons. The van der Waals surface area contributed by atoms with Crippen LogP contribution in [0.4, 0.5) is 0 Å². The number of aryl methyl sites for hydroxylation is 2. The van der Waals surface area contributed by atoms with Crippen LogP contribution >= 0.6 is 11.3 Å². The molecular formula is C14H22N2S. The third kappa shape index (κ3) is 2.04. The van der Waals surface area contributed by atoms with E-state index in [9.17, 15) is 0 Å². The van der Waals surface area contributed by atoms with E-state index in [0.717, 1.165) is 6.54 Å². The summed E-state index contributed by atoms with van der Waals surface area (Å²) in [4.78, 5) is 6.53. The second kappa shape index (κ2) is 4.69. The number of rotatable bonds is 4. The normalized spacial score (nSPS) is 21.9. The Balaban J connectivity index is 1.83. The van der Waals surface area contributed by atoms with Gasteiger partial charge < -0.3 is 5.32 Å². The topological polar surface area (TPSA) is 24.9 Å². The molecule has 0 unspecified atom stereocenters. The van der Waals surface area contributed by atoms with Gasteiger partial charge in [-0.2, -0.15) is 0 Å². The Kier molecular flexibility index (Phi) is 3.22. The lowest BCUT2D eigenvalue weighted by Crippen LogP contribution is -2.48. The minimum Gasteiger partial charge on any atom is -0.305 e. The summed E-state index contributed by atoms with van der Waals surface area (Å²) in [6.45, 7) is 3.37. The van der Waals surface area contributed by atoms with Gasteiger partial charge in [-0.25, -0.2) is 4.98 Å². The average Bonchev–Trinajstić information content (AvgIpc) is 2.71. The van der Waals surface area contributed by atoms with Gasteiger partial charge in [0.25, 0.3) is 0 Å². The van der Waals surface area contributed by atoms with E-state index in [1.807, 2.05) is 11.3 Å². The highest BCUT2D eigenvalue weighted by Crippen LogP contribution is 2.44. The third-order valence-electron chi connectivity index (χ3n) is 4.18. The molecule has 1 N–H and O–H groups in total. The Morgan fingerprint density at radius 1 is 1.24 bits per heavy atom. The van der Waals surface area contributed by atoms with Crippen LogP contribution in [0, 0.1) is 0 Å². The first-order chi connectivity index (χ1) is 8.34. The van der Waals surface area contributed by atoms with Crippen LogP contribution in [0.25, 0.3) is 0 Å².